The monoisotopic (exact) mass is 520 g/mol. The lowest BCUT2D eigenvalue weighted by atomic mass is 9.97. The summed E-state index contributed by atoms with van der Waals surface area (Å²) in [4.78, 5) is 20.3. The van der Waals surface area contributed by atoms with Crippen LogP contribution in [0.4, 0.5) is 0 Å². The standard InChI is InChI=1S/C29H30Cl2N4O/c30-24-11-7-21(8-12-24)15-16-32-29(36)23-4-3-17-34(19-23)20-28-33-26-5-1-2-6-27(26)35(28)18-22-9-13-25(31)14-10-22/h1-2,5-14,23H,3-4,15-20H2,(H,32,36)/t23-/m0/s1. The zero-order valence-electron chi connectivity index (χ0n) is 20.2. The van der Waals surface area contributed by atoms with E-state index in [0.717, 1.165) is 72.3 Å². The van der Waals surface area contributed by atoms with Crippen LogP contribution in [0.5, 0.6) is 0 Å². The van der Waals surface area contributed by atoms with Crippen molar-refractivity contribution in [2.45, 2.75) is 32.4 Å². The molecule has 186 valence electrons. The highest BCUT2D eigenvalue weighted by Crippen LogP contribution is 2.23. The molecule has 5 nitrogen and oxygen atoms in total. The number of benzene rings is 3. The van der Waals surface area contributed by atoms with Gasteiger partial charge in [0.25, 0.3) is 0 Å². The molecule has 3 aromatic carbocycles. The Labute approximate surface area is 222 Å². The summed E-state index contributed by atoms with van der Waals surface area (Å²) in [6.07, 6.45) is 2.73. The van der Waals surface area contributed by atoms with Crippen molar-refractivity contribution in [1.82, 2.24) is 19.8 Å². The van der Waals surface area contributed by atoms with Gasteiger partial charge in [-0.3, -0.25) is 9.69 Å². The van der Waals surface area contributed by atoms with Gasteiger partial charge >= 0.3 is 0 Å². The molecule has 1 atom stereocenters. The maximum Gasteiger partial charge on any atom is 0.224 e. The molecule has 4 aromatic rings. The average Bonchev–Trinajstić information content (AvgIpc) is 3.23. The summed E-state index contributed by atoms with van der Waals surface area (Å²) in [7, 11) is 0. The highest BCUT2D eigenvalue weighted by molar-refractivity contribution is 6.30. The Morgan fingerprint density at radius 3 is 2.36 bits per heavy atom. The minimum atomic E-state index is -0.00180. The van der Waals surface area contributed by atoms with Crippen molar-refractivity contribution in [1.29, 1.82) is 0 Å². The van der Waals surface area contributed by atoms with Crippen LogP contribution in [-0.2, 0) is 24.3 Å². The number of carbonyl (C=O) groups is 1. The first-order chi connectivity index (χ1) is 17.5. The van der Waals surface area contributed by atoms with Gasteiger partial charge in [-0.1, -0.05) is 59.6 Å². The molecule has 5 rings (SSSR count). The van der Waals surface area contributed by atoms with Crippen molar-refractivity contribution in [3.63, 3.8) is 0 Å². The number of para-hydroxylation sites is 2. The molecular formula is C29H30Cl2N4O. The maximum atomic E-state index is 12.9. The van der Waals surface area contributed by atoms with Crippen molar-refractivity contribution in [2.24, 2.45) is 5.92 Å². The summed E-state index contributed by atoms with van der Waals surface area (Å²) < 4.78 is 2.29. The van der Waals surface area contributed by atoms with E-state index in [2.05, 4.69) is 45.1 Å². The van der Waals surface area contributed by atoms with Crippen LogP contribution in [0.2, 0.25) is 10.0 Å². The number of nitrogens with zero attached hydrogens (tertiary/aromatic N) is 3. The predicted octanol–water partition coefficient (Wildman–Crippen LogP) is 5.96. The molecule has 0 unspecified atom stereocenters. The lowest BCUT2D eigenvalue weighted by molar-refractivity contribution is -0.126. The number of halogens is 2. The Hall–Kier alpha value is -2.86. The minimum Gasteiger partial charge on any atom is -0.355 e. The minimum absolute atomic E-state index is 0.00180. The molecule has 0 aliphatic carbocycles. The van der Waals surface area contributed by atoms with E-state index >= 15 is 0 Å². The quantitative estimate of drug-likeness (QED) is 0.311. The molecule has 7 heteroatoms. The van der Waals surface area contributed by atoms with Gasteiger partial charge in [-0.15, -0.1) is 0 Å². The summed E-state index contributed by atoms with van der Waals surface area (Å²) in [6.45, 7) is 3.80. The van der Waals surface area contributed by atoms with E-state index in [0.29, 0.717) is 6.54 Å². The van der Waals surface area contributed by atoms with Crippen LogP contribution in [0.3, 0.4) is 0 Å². The van der Waals surface area contributed by atoms with Gasteiger partial charge in [0, 0.05) is 29.7 Å². The van der Waals surface area contributed by atoms with E-state index in [1.165, 1.54) is 11.1 Å². The third-order valence-corrected chi connectivity index (χ3v) is 7.36. The number of imidazole rings is 1. The van der Waals surface area contributed by atoms with Gasteiger partial charge in [0.2, 0.25) is 5.91 Å². The summed E-state index contributed by atoms with van der Waals surface area (Å²) in [5.74, 6) is 1.16. The molecule has 1 saturated heterocycles. The highest BCUT2D eigenvalue weighted by Gasteiger charge is 2.26. The van der Waals surface area contributed by atoms with Crippen molar-refractivity contribution in [3.8, 4) is 0 Å². The normalized spacial score (nSPS) is 16.3. The number of fused-ring (bicyclic) bond motifs is 1. The lowest BCUT2D eigenvalue weighted by Gasteiger charge is -2.31. The third-order valence-electron chi connectivity index (χ3n) is 6.86. The molecule has 0 bridgehead atoms. The van der Waals surface area contributed by atoms with Crippen LogP contribution < -0.4 is 5.32 Å². The lowest BCUT2D eigenvalue weighted by Crippen LogP contribution is -2.43. The molecule has 1 aliphatic rings. The second-order valence-corrected chi connectivity index (χ2v) is 10.3. The van der Waals surface area contributed by atoms with Crippen molar-refractivity contribution < 1.29 is 4.79 Å². The molecule has 1 aromatic heterocycles. The topological polar surface area (TPSA) is 50.2 Å². The summed E-state index contributed by atoms with van der Waals surface area (Å²) in [5, 5.41) is 4.60. The van der Waals surface area contributed by atoms with Gasteiger partial charge in [-0.25, -0.2) is 4.98 Å². The molecular weight excluding hydrogens is 491 g/mol. The summed E-state index contributed by atoms with van der Waals surface area (Å²) >= 11 is 12.1. The van der Waals surface area contributed by atoms with Gasteiger partial charge < -0.3 is 9.88 Å². The molecule has 1 N–H and O–H groups in total. The molecule has 1 fully saturated rings. The van der Waals surface area contributed by atoms with E-state index in [9.17, 15) is 4.79 Å². The zero-order valence-corrected chi connectivity index (χ0v) is 21.7. The zero-order chi connectivity index (χ0) is 24.9. The Balaban J connectivity index is 1.23. The van der Waals surface area contributed by atoms with E-state index in [1.54, 1.807) is 0 Å². The fourth-order valence-electron chi connectivity index (χ4n) is 4.93. The van der Waals surface area contributed by atoms with E-state index in [1.807, 2.05) is 42.5 Å². The van der Waals surface area contributed by atoms with Crippen LogP contribution >= 0.6 is 23.2 Å². The van der Waals surface area contributed by atoms with Gasteiger partial charge in [-0.05, 0) is 73.3 Å². The van der Waals surface area contributed by atoms with Crippen LogP contribution in [0, 0.1) is 5.92 Å². The number of carbonyl (C=O) groups excluding carboxylic acids is 1. The van der Waals surface area contributed by atoms with Gasteiger partial charge in [0.1, 0.15) is 5.82 Å². The van der Waals surface area contributed by atoms with Gasteiger partial charge in [0.05, 0.1) is 23.5 Å². The summed E-state index contributed by atoms with van der Waals surface area (Å²) in [5.41, 5.74) is 4.47. The molecule has 36 heavy (non-hydrogen) atoms. The van der Waals surface area contributed by atoms with E-state index in [-0.39, 0.29) is 11.8 Å². The van der Waals surface area contributed by atoms with Gasteiger partial charge in [0.15, 0.2) is 0 Å². The first kappa shape index (κ1) is 24.8. The number of likely N-dealkylation sites (tertiary alicyclic amines) is 1. The van der Waals surface area contributed by atoms with Crippen molar-refractivity contribution in [3.05, 3.63) is 99.8 Å². The first-order valence-electron chi connectivity index (χ1n) is 12.5. The smallest absolute Gasteiger partial charge is 0.224 e. The molecule has 0 saturated carbocycles. The predicted molar refractivity (Wildman–Crippen MR) is 146 cm³/mol. The van der Waals surface area contributed by atoms with Gasteiger partial charge in [-0.2, -0.15) is 0 Å². The molecule has 1 amide bonds. The Bertz CT molecular complexity index is 1320. The molecule has 1 aliphatic heterocycles. The SMILES string of the molecule is O=C(NCCc1ccc(Cl)cc1)[C@H]1CCCN(Cc2nc3ccccc3n2Cc2ccc(Cl)cc2)C1. The average molecular weight is 521 g/mol. The van der Waals surface area contributed by atoms with E-state index < -0.39 is 0 Å². The number of nitrogens with one attached hydrogen (secondary N) is 1. The molecule has 0 spiro atoms. The van der Waals surface area contributed by atoms with E-state index in [4.69, 9.17) is 28.2 Å². The number of amides is 1. The number of hydrogen-bond donors (Lipinski definition) is 1. The van der Waals surface area contributed by atoms with Crippen LogP contribution in [0.25, 0.3) is 11.0 Å². The van der Waals surface area contributed by atoms with Crippen LogP contribution in [-0.4, -0.2) is 40.0 Å². The Morgan fingerprint density at radius 2 is 1.61 bits per heavy atom. The molecule has 2 heterocycles. The highest BCUT2D eigenvalue weighted by atomic mass is 35.5. The number of aromatic nitrogens is 2. The first-order valence-corrected chi connectivity index (χ1v) is 13.2. The second kappa shape index (κ2) is 11.5. The number of rotatable bonds is 8. The van der Waals surface area contributed by atoms with Crippen molar-refractivity contribution in [2.75, 3.05) is 19.6 Å². The Kier molecular flexibility index (Phi) is 7.90. The fourth-order valence-corrected chi connectivity index (χ4v) is 5.19. The van der Waals surface area contributed by atoms with Crippen LogP contribution in [0.1, 0.15) is 29.8 Å². The van der Waals surface area contributed by atoms with Crippen molar-refractivity contribution >= 4 is 40.1 Å². The Morgan fingerprint density at radius 1 is 0.917 bits per heavy atom. The number of hydrogen-bond acceptors (Lipinski definition) is 3. The number of piperidine rings is 1. The fraction of sp³-hybridized carbons (Fsp3) is 0.310. The third kappa shape index (κ3) is 6.09. The summed E-state index contributed by atoms with van der Waals surface area (Å²) in [6, 6.07) is 24.0. The second-order valence-electron chi connectivity index (χ2n) is 9.47. The largest absolute Gasteiger partial charge is 0.355 e. The van der Waals surface area contributed by atoms with Crippen LogP contribution in [0.15, 0.2) is 72.8 Å². The maximum absolute atomic E-state index is 12.9. The molecule has 0 radical (unpaired) electrons.